The van der Waals surface area contributed by atoms with Crippen LogP contribution in [0.1, 0.15) is 47.0 Å². The van der Waals surface area contributed by atoms with Crippen molar-refractivity contribution < 1.29 is 4.79 Å². The van der Waals surface area contributed by atoms with E-state index in [2.05, 4.69) is 45.9 Å². The molecule has 0 heterocycles. The molecule has 0 aliphatic heterocycles. The van der Waals surface area contributed by atoms with E-state index in [1.54, 1.807) is 0 Å². The van der Waals surface area contributed by atoms with Crippen molar-refractivity contribution in [1.29, 1.82) is 0 Å². The van der Waals surface area contributed by atoms with Gasteiger partial charge in [-0.15, -0.1) is 0 Å². The van der Waals surface area contributed by atoms with Crippen LogP contribution in [0.2, 0.25) is 0 Å². The second kappa shape index (κ2) is 6.03. The Hall–Kier alpha value is -0.850. The van der Waals surface area contributed by atoms with Gasteiger partial charge in [-0.2, -0.15) is 0 Å². The van der Waals surface area contributed by atoms with E-state index >= 15 is 0 Å². The lowest BCUT2D eigenvalue weighted by molar-refractivity contribution is -0.125. The molecule has 1 heteroatoms. The summed E-state index contributed by atoms with van der Waals surface area (Å²) in [7, 11) is 0. The van der Waals surface area contributed by atoms with Crippen LogP contribution in [0.4, 0.5) is 0 Å². The molecule has 90 valence electrons. The van der Waals surface area contributed by atoms with E-state index in [1.165, 1.54) is 12.0 Å². The highest BCUT2D eigenvalue weighted by Gasteiger charge is 2.27. The first-order valence-electron chi connectivity index (χ1n) is 6.35. The molecule has 0 unspecified atom stereocenters. The van der Waals surface area contributed by atoms with Gasteiger partial charge < -0.3 is 0 Å². The van der Waals surface area contributed by atoms with Crippen molar-refractivity contribution >= 4 is 5.78 Å². The zero-order chi connectivity index (χ0) is 12.1. The molecule has 0 aromatic carbocycles. The van der Waals surface area contributed by atoms with Crippen molar-refractivity contribution in [2.45, 2.75) is 47.0 Å². The molecule has 1 aliphatic carbocycles. The van der Waals surface area contributed by atoms with Crippen molar-refractivity contribution in [2.24, 2.45) is 17.8 Å². The van der Waals surface area contributed by atoms with E-state index in [4.69, 9.17) is 0 Å². The molecule has 0 spiro atoms. The SMILES string of the molecule is CC(C)=C/C=C/[C@H](C)[C@H]1CC[C@H](C)C(=O)C1. The first-order chi connectivity index (χ1) is 7.50. The smallest absolute Gasteiger partial charge is 0.135 e. The Bertz CT molecular complexity index is 295. The van der Waals surface area contributed by atoms with E-state index in [9.17, 15) is 4.79 Å². The average molecular weight is 220 g/mol. The highest BCUT2D eigenvalue weighted by Crippen LogP contribution is 2.31. The topological polar surface area (TPSA) is 17.1 Å². The minimum absolute atomic E-state index is 0.296. The average Bonchev–Trinajstić information content (AvgIpc) is 2.21. The van der Waals surface area contributed by atoms with Gasteiger partial charge in [-0.3, -0.25) is 4.79 Å². The number of hydrogen-bond donors (Lipinski definition) is 0. The number of carbonyl (C=O) groups is 1. The molecular formula is C15H24O. The first kappa shape index (κ1) is 13.2. The van der Waals surface area contributed by atoms with E-state index < -0.39 is 0 Å². The predicted octanol–water partition coefficient (Wildman–Crippen LogP) is 4.15. The van der Waals surface area contributed by atoms with E-state index in [0.29, 0.717) is 23.5 Å². The van der Waals surface area contributed by atoms with Crippen molar-refractivity contribution in [3.63, 3.8) is 0 Å². The minimum Gasteiger partial charge on any atom is -0.299 e. The van der Waals surface area contributed by atoms with Gasteiger partial charge in [0.05, 0.1) is 0 Å². The Labute approximate surface area is 99.6 Å². The summed E-state index contributed by atoms with van der Waals surface area (Å²) in [5.41, 5.74) is 1.32. The molecule has 0 amide bonds. The van der Waals surface area contributed by atoms with Crippen LogP contribution in [0.25, 0.3) is 0 Å². The van der Waals surface area contributed by atoms with Crippen LogP contribution in [-0.4, -0.2) is 5.78 Å². The fourth-order valence-corrected chi connectivity index (χ4v) is 2.22. The van der Waals surface area contributed by atoms with Crippen LogP contribution in [0.15, 0.2) is 23.8 Å². The third-order valence-electron chi connectivity index (χ3n) is 3.57. The molecule has 0 aromatic rings. The zero-order valence-corrected chi connectivity index (χ0v) is 11.0. The normalized spacial score (nSPS) is 28.1. The molecule has 0 saturated heterocycles. The number of rotatable bonds is 3. The molecule has 1 nitrogen and oxygen atoms in total. The molecule has 1 fully saturated rings. The molecule has 0 bridgehead atoms. The predicted molar refractivity (Wildman–Crippen MR) is 69.2 cm³/mol. The zero-order valence-electron chi connectivity index (χ0n) is 11.0. The second-order valence-electron chi connectivity index (χ2n) is 5.40. The Morgan fingerprint density at radius 2 is 2.06 bits per heavy atom. The second-order valence-corrected chi connectivity index (χ2v) is 5.40. The Balaban J connectivity index is 2.49. The van der Waals surface area contributed by atoms with Gasteiger partial charge >= 0.3 is 0 Å². The van der Waals surface area contributed by atoms with Gasteiger partial charge in [-0.05, 0) is 38.5 Å². The first-order valence-corrected chi connectivity index (χ1v) is 6.35. The molecule has 0 radical (unpaired) electrons. The van der Waals surface area contributed by atoms with E-state index in [1.807, 2.05) is 0 Å². The van der Waals surface area contributed by atoms with Crippen molar-refractivity contribution in [3.8, 4) is 0 Å². The highest BCUT2D eigenvalue weighted by molar-refractivity contribution is 5.81. The van der Waals surface area contributed by atoms with Crippen molar-refractivity contribution in [3.05, 3.63) is 23.8 Å². The Morgan fingerprint density at radius 1 is 1.38 bits per heavy atom. The summed E-state index contributed by atoms with van der Waals surface area (Å²) < 4.78 is 0. The van der Waals surface area contributed by atoms with Crippen LogP contribution in [0.5, 0.6) is 0 Å². The third kappa shape index (κ3) is 3.96. The number of Topliss-reactive ketones (excluding diaryl/α,β-unsaturated/α-hetero) is 1. The lowest BCUT2D eigenvalue weighted by Gasteiger charge is -2.28. The van der Waals surface area contributed by atoms with Crippen molar-refractivity contribution in [1.82, 2.24) is 0 Å². The highest BCUT2D eigenvalue weighted by atomic mass is 16.1. The summed E-state index contributed by atoms with van der Waals surface area (Å²) >= 11 is 0. The van der Waals surface area contributed by atoms with Crippen LogP contribution in [-0.2, 0) is 4.79 Å². The van der Waals surface area contributed by atoms with Gasteiger partial charge in [-0.25, -0.2) is 0 Å². The molecule has 3 atom stereocenters. The maximum Gasteiger partial charge on any atom is 0.135 e. The molecule has 16 heavy (non-hydrogen) atoms. The molecule has 0 aromatic heterocycles. The molecule has 1 saturated carbocycles. The maximum atomic E-state index is 11.7. The fourth-order valence-electron chi connectivity index (χ4n) is 2.22. The summed E-state index contributed by atoms with van der Waals surface area (Å²) in [5, 5.41) is 0. The molecule has 1 aliphatic rings. The Kier molecular flexibility index (Phi) is 4.98. The summed E-state index contributed by atoms with van der Waals surface area (Å²) in [6.45, 7) is 8.48. The lowest BCUT2D eigenvalue weighted by Crippen LogP contribution is -2.25. The molecule has 0 N–H and O–H groups in total. The number of ketones is 1. The minimum atomic E-state index is 0.296. The van der Waals surface area contributed by atoms with Gasteiger partial charge in [0.2, 0.25) is 0 Å². The monoisotopic (exact) mass is 220 g/mol. The standard InChI is InChI=1S/C15H24O/c1-11(2)6-5-7-12(3)14-9-8-13(4)15(16)10-14/h5-7,12-14H,8-10H2,1-4H3/b7-5+/t12-,13-,14-/m0/s1. The van der Waals surface area contributed by atoms with Gasteiger partial charge in [0.15, 0.2) is 0 Å². The van der Waals surface area contributed by atoms with E-state index in [-0.39, 0.29) is 0 Å². The number of allylic oxidation sites excluding steroid dienone is 4. The summed E-state index contributed by atoms with van der Waals surface area (Å²) in [6, 6.07) is 0. The van der Waals surface area contributed by atoms with Gasteiger partial charge in [0, 0.05) is 12.3 Å². The summed E-state index contributed by atoms with van der Waals surface area (Å²) in [6.07, 6.45) is 9.55. The Morgan fingerprint density at radius 3 is 2.62 bits per heavy atom. The summed E-state index contributed by atoms with van der Waals surface area (Å²) in [4.78, 5) is 11.7. The van der Waals surface area contributed by atoms with Crippen LogP contribution in [0.3, 0.4) is 0 Å². The fraction of sp³-hybridized carbons (Fsp3) is 0.667. The van der Waals surface area contributed by atoms with E-state index in [0.717, 1.165) is 12.8 Å². The quantitative estimate of drug-likeness (QED) is 0.653. The number of carbonyl (C=O) groups excluding carboxylic acids is 1. The number of hydrogen-bond acceptors (Lipinski definition) is 1. The maximum absolute atomic E-state index is 11.7. The van der Waals surface area contributed by atoms with Crippen molar-refractivity contribution in [2.75, 3.05) is 0 Å². The lowest BCUT2D eigenvalue weighted by atomic mass is 9.76. The van der Waals surface area contributed by atoms with Crippen LogP contribution < -0.4 is 0 Å². The molecule has 1 rings (SSSR count). The van der Waals surface area contributed by atoms with Crippen LogP contribution in [0, 0.1) is 17.8 Å². The van der Waals surface area contributed by atoms with Crippen LogP contribution >= 0.6 is 0 Å². The molecular weight excluding hydrogens is 196 g/mol. The van der Waals surface area contributed by atoms with Gasteiger partial charge in [0.1, 0.15) is 5.78 Å². The van der Waals surface area contributed by atoms with Gasteiger partial charge in [0.25, 0.3) is 0 Å². The van der Waals surface area contributed by atoms with Gasteiger partial charge in [-0.1, -0.05) is 37.6 Å². The third-order valence-corrected chi connectivity index (χ3v) is 3.57. The largest absolute Gasteiger partial charge is 0.299 e. The summed E-state index contributed by atoms with van der Waals surface area (Å²) in [5.74, 6) is 1.83.